The molecule has 0 unspecified atom stereocenters. The Morgan fingerprint density at radius 2 is 2.22 bits per heavy atom. The topological polar surface area (TPSA) is 44.7 Å². The number of rotatable bonds is 5. The highest BCUT2D eigenvalue weighted by molar-refractivity contribution is 5.17. The Labute approximate surface area is 109 Å². The summed E-state index contributed by atoms with van der Waals surface area (Å²) < 4.78 is 5.65. The minimum absolute atomic E-state index is 0.228. The fourth-order valence-electron chi connectivity index (χ4n) is 2.16. The number of hydrogen-bond donors (Lipinski definition) is 2. The van der Waals surface area contributed by atoms with Crippen LogP contribution in [0.2, 0.25) is 0 Å². The summed E-state index contributed by atoms with van der Waals surface area (Å²) in [6.07, 6.45) is -0.223. The molecule has 18 heavy (non-hydrogen) atoms. The molecule has 1 aliphatic rings. The van der Waals surface area contributed by atoms with Crippen molar-refractivity contribution in [3.63, 3.8) is 0 Å². The van der Waals surface area contributed by atoms with Crippen molar-refractivity contribution in [2.45, 2.75) is 12.2 Å². The highest BCUT2D eigenvalue weighted by Gasteiger charge is 2.17. The molecule has 0 amide bonds. The molecule has 0 spiro atoms. The number of nitrogens with one attached hydrogen (secondary N) is 1. The van der Waals surface area contributed by atoms with E-state index < -0.39 is 6.10 Å². The van der Waals surface area contributed by atoms with Crippen LogP contribution in [0.4, 0.5) is 0 Å². The van der Waals surface area contributed by atoms with Gasteiger partial charge in [-0.05, 0) is 12.6 Å². The molecule has 0 aliphatic carbocycles. The molecule has 2 atom stereocenters. The van der Waals surface area contributed by atoms with Crippen molar-refractivity contribution in [1.29, 1.82) is 0 Å². The lowest BCUT2D eigenvalue weighted by molar-refractivity contribution is -0.0191. The zero-order chi connectivity index (χ0) is 12.8. The first-order valence-corrected chi connectivity index (χ1v) is 6.49. The van der Waals surface area contributed by atoms with E-state index in [0.29, 0.717) is 6.54 Å². The Balaban J connectivity index is 1.69. The lowest BCUT2D eigenvalue weighted by atomic mass is 10.1. The smallest absolute Gasteiger partial charge is 0.0914 e. The standard InChI is InChI=1S/C14H22N2O2/c1-16-7-8-18-13(11-16)9-15-10-14(17)12-5-3-2-4-6-12/h2-6,13-15,17H,7-11H2,1H3/t13-,14-/m1/s1. The van der Waals surface area contributed by atoms with Gasteiger partial charge >= 0.3 is 0 Å². The first-order chi connectivity index (χ1) is 8.75. The van der Waals surface area contributed by atoms with E-state index in [-0.39, 0.29) is 6.10 Å². The van der Waals surface area contributed by atoms with Crippen molar-refractivity contribution >= 4 is 0 Å². The quantitative estimate of drug-likeness (QED) is 0.805. The van der Waals surface area contributed by atoms with Gasteiger partial charge in [-0.15, -0.1) is 0 Å². The third-order valence-electron chi connectivity index (χ3n) is 3.24. The molecule has 2 rings (SSSR count). The van der Waals surface area contributed by atoms with Crippen LogP contribution >= 0.6 is 0 Å². The van der Waals surface area contributed by atoms with Crippen LogP contribution in [0.5, 0.6) is 0 Å². The van der Waals surface area contributed by atoms with E-state index in [1.54, 1.807) is 0 Å². The monoisotopic (exact) mass is 250 g/mol. The van der Waals surface area contributed by atoms with E-state index in [1.165, 1.54) is 0 Å². The van der Waals surface area contributed by atoms with Crippen LogP contribution < -0.4 is 5.32 Å². The van der Waals surface area contributed by atoms with E-state index in [4.69, 9.17) is 4.74 Å². The van der Waals surface area contributed by atoms with Gasteiger partial charge in [0.25, 0.3) is 0 Å². The summed E-state index contributed by atoms with van der Waals surface area (Å²) in [6, 6.07) is 9.72. The summed E-state index contributed by atoms with van der Waals surface area (Å²) in [5.74, 6) is 0. The van der Waals surface area contributed by atoms with Crippen molar-refractivity contribution in [1.82, 2.24) is 10.2 Å². The lowest BCUT2D eigenvalue weighted by Crippen LogP contribution is -2.45. The van der Waals surface area contributed by atoms with Gasteiger partial charge in [0.1, 0.15) is 0 Å². The fourth-order valence-corrected chi connectivity index (χ4v) is 2.16. The molecule has 0 bridgehead atoms. The molecule has 4 heteroatoms. The molecular formula is C14H22N2O2. The number of aliphatic hydroxyl groups excluding tert-OH is 1. The maximum atomic E-state index is 9.99. The Morgan fingerprint density at radius 3 is 2.94 bits per heavy atom. The molecule has 4 nitrogen and oxygen atoms in total. The van der Waals surface area contributed by atoms with Crippen LogP contribution in [0.3, 0.4) is 0 Å². The van der Waals surface area contributed by atoms with Crippen LogP contribution in [-0.4, -0.2) is 55.9 Å². The number of likely N-dealkylation sites (N-methyl/N-ethyl adjacent to an activating group) is 1. The molecule has 1 fully saturated rings. The first kappa shape index (κ1) is 13.5. The molecule has 1 aliphatic heterocycles. The SMILES string of the molecule is CN1CCO[C@H](CNC[C@@H](O)c2ccccc2)C1. The van der Waals surface area contributed by atoms with Crippen LogP contribution in [-0.2, 0) is 4.74 Å². The van der Waals surface area contributed by atoms with E-state index in [9.17, 15) is 5.11 Å². The second kappa shape index (κ2) is 6.85. The zero-order valence-corrected chi connectivity index (χ0v) is 10.9. The van der Waals surface area contributed by atoms with Gasteiger partial charge in [-0.3, -0.25) is 0 Å². The van der Waals surface area contributed by atoms with Crippen LogP contribution in [0.1, 0.15) is 11.7 Å². The molecule has 1 aromatic rings. The lowest BCUT2D eigenvalue weighted by Gasteiger charge is -2.30. The van der Waals surface area contributed by atoms with Gasteiger partial charge in [-0.25, -0.2) is 0 Å². The third-order valence-corrected chi connectivity index (χ3v) is 3.24. The Morgan fingerprint density at radius 1 is 1.44 bits per heavy atom. The van der Waals surface area contributed by atoms with Gasteiger partial charge in [0.15, 0.2) is 0 Å². The Bertz CT molecular complexity index is 345. The number of hydrogen-bond acceptors (Lipinski definition) is 4. The number of ether oxygens (including phenoxy) is 1. The summed E-state index contributed by atoms with van der Waals surface area (Å²) in [5.41, 5.74) is 0.951. The molecule has 1 heterocycles. The molecule has 100 valence electrons. The van der Waals surface area contributed by atoms with E-state index in [0.717, 1.165) is 31.8 Å². The van der Waals surface area contributed by atoms with Crippen LogP contribution in [0.15, 0.2) is 30.3 Å². The van der Waals surface area contributed by atoms with Crippen LogP contribution in [0.25, 0.3) is 0 Å². The van der Waals surface area contributed by atoms with Crippen molar-refractivity contribution in [3.8, 4) is 0 Å². The third kappa shape index (κ3) is 4.07. The molecule has 0 aromatic heterocycles. The van der Waals surface area contributed by atoms with Crippen LogP contribution in [0, 0.1) is 0 Å². The Kier molecular flexibility index (Phi) is 5.13. The zero-order valence-electron chi connectivity index (χ0n) is 10.9. The summed E-state index contributed by atoms with van der Waals surface area (Å²) in [4.78, 5) is 2.27. The van der Waals surface area contributed by atoms with Gasteiger partial charge in [-0.2, -0.15) is 0 Å². The number of benzene rings is 1. The fraction of sp³-hybridized carbons (Fsp3) is 0.571. The van der Waals surface area contributed by atoms with Gasteiger partial charge in [0, 0.05) is 26.2 Å². The molecule has 1 aromatic carbocycles. The summed E-state index contributed by atoms with van der Waals surface area (Å²) in [5, 5.41) is 13.3. The average Bonchev–Trinajstić information content (AvgIpc) is 2.40. The second-order valence-corrected chi connectivity index (χ2v) is 4.84. The first-order valence-electron chi connectivity index (χ1n) is 6.49. The molecule has 2 N–H and O–H groups in total. The average molecular weight is 250 g/mol. The number of aliphatic hydroxyl groups is 1. The van der Waals surface area contributed by atoms with Gasteiger partial charge in [0.2, 0.25) is 0 Å². The molecular weight excluding hydrogens is 228 g/mol. The van der Waals surface area contributed by atoms with Crippen molar-refractivity contribution < 1.29 is 9.84 Å². The minimum atomic E-state index is -0.451. The van der Waals surface area contributed by atoms with Crippen molar-refractivity contribution in [2.75, 3.05) is 39.8 Å². The van der Waals surface area contributed by atoms with Crippen molar-refractivity contribution in [3.05, 3.63) is 35.9 Å². The van der Waals surface area contributed by atoms with Gasteiger partial charge < -0.3 is 20.1 Å². The van der Waals surface area contributed by atoms with E-state index in [1.807, 2.05) is 30.3 Å². The summed E-state index contributed by atoms with van der Waals surface area (Å²) in [6.45, 7) is 4.10. The van der Waals surface area contributed by atoms with E-state index >= 15 is 0 Å². The number of nitrogens with zero attached hydrogens (tertiary/aromatic N) is 1. The summed E-state index contributed by atoms with van der Waals surface area (Å²) >= 11 is 0. The highest BCUT2D eigenvalue weighted by atomic mass is 16.5. The van der Waals surface area contributed by atoms with Crippen molar-refractivity contribution in [2.24, 2.45) is 0 Å². The van der Waals surface area contributed by atoms with Gasteiger partial charge in [0.05, 0.1) is 18.8 Å². The Hall–Kier alpha value is -0.940. The predicted molar refractivity (Wildman–Crippen MR) is 71.5 cm³/mol. The van der Waals surface area contributed by atoms with Gasteiger partial charge in [-0.1, -0.05) is 30.3 Å². The predicted octanol–water partition coefficient (Wildman–Crippen LogP) is 0.640. The minimum Gasteiger partial charge on any atom is -0.387 e. The molecule has 1 saturated heterocycles. The maximum absolute atomic E-state index is 9.99. The van der Waals surface area contributed by atoms with E-state index in [2.05, 4.69) is 17.3 Å². The number of morpholine rings is 1. The largest absolute Gasteiger partial charge is 0.387 e. The highest BCUT2D eigenvalue weighted by Crippen LogP contribution is 2.10. The maximum Gasteiger partial charge on any atom is 0.0914 e. The normalized spacial score (nSPS) is 22.9. The molecule has 0 radical (unpaired) electrons. The summed E-state index contributed by atoms with van der Waals surface area (Å²) in [7, 11) is 2.11. The second-order valence-electron chi connectivity index (χ2n) is 4.84. The molecule has 0 saturated carbocycles.